The van der Waals surface area contributed by atoms with E-state index >= 15 is 0 Å². The van der Waals surface area contributed by atoms with Gasteiger partial charge in [0.1, 0.15) is 5.82 Å². The van der Waals surface area contributed by atoms with Gasteiger partial charge in [0.15, 0.2) is 5.69 Å². The van der Waals surface area contributed by atoms with Crippen LogP contribution in [0.4, 0.5) is 4.39 Å². The third kappa shape index (κ3) is 2.44. The predicted octanol–water partition coefficient (Wildman–Crippen LogP) is 0.757. The zero-order chi connectivity index (χ0) is 16.7. The summed E-state index contributed by atoms with van der Waals surface area (Å²) < 4.78 is 14.4. The Labute approximate surface area is 137 Å². The van der Waals surface area contributed by atoms with Gasteiger partial charge in [-0.2, -0.15) is 0 Å². The molecule has 2 atom stereocenters. The molecule has 2 amide bonds. The van der Waals surface area contributed by atoms with Gasteiger partial charge in [-0.05, 0) is 37.1 Å². The molecule has 3 heterocycles. The molecule has 0 bridgehead atoms. The van der Waals surface area contributed by atoms with E-state index in [9.17, 15) is 14.0 Å². The van der Waals surface area contributed by atoms with Crippen molar-refractivity contribution in [2.45, 2.75) is 18.9 Å². The molecule has 2 aromatic rings. The van der Waals surface area contributed by atoms with Crippen LogP contribution in [0.5, 0.6) is 0 Å². The summed E-state index contributed by atoms with van der Waals surface area (Å²) in [7, 11) is 0. The molecule has 1 N–H and O–H groups in total. The number of amides is 2. The Bertz CT molecular complexity index is 788. The number of carbonyl (C=O) groups excluding carboxylic acids is 2. The van der Waals surface area contributed by atoms with E-state index in [4.69, 9.17) is 0 Å². The maximum atomic E-state index is 13.0. The highest BCUT2D eigenvalue weighted by Crippen LogP contribution is 2.28. The number of nitrogens with zero attached hydrogens (tertiary/aromatic N) is 4. The number of hydrogen-bond acceptors (Lipinski definition) is 4. The van der Waals surface area contributed by atoms with Gasteiger partial charge < -0.3 is 10.2 Å². The van der Waals surface area contributed by atoms with Crippen LogP contribution in [0.2, 0.25) is 0 Å². The average molecular weight is 329 g/mol. The van der Waals surface area contributed by atoms with Gasteiger partial charge in [-0.25, -0.2) is 9.07 Å². The summed E-state index contributed by atoms with van der Waals surface area (Å²) >= 11 is 0. The van der Waals surface area contributed by atoms with E-state index in [2.05, 4.69) is 15.6 Å². The van der Waals surface area contributed by atoms with Crippen molar-refractivity contribution in [3.8, 4) is 5.69 Å². The molecule has 0 saturated carbocycles. The Balaban J connectivity index is 1.57. The fourth-order valence-electron chi connectivity index (χ4n) is 3.43. The van der Waals surface area contributed by atoms with Crippen molar-refractivity contribution in [3.05, 3.63) is 42.0 Å². The molecule has 124 valence electrons. The van der Waals surface area contributed by atoms with E-state index in [1.807, 2.05) is 0 Å². The van der Waals surface area contributed by atoms with Crippen LogP contribution in [0.15, 0.2) is 30.5 Å². The Morgan fingerprint density at radius 2 is 2.08 bits per heavy atom. The summed E-state index contributed by atoms with van der Waals surface area (Å²) in [6.45, 7) is 1.10. The van der Waals surface area contributed by atoms with E-state index < -0.39 is 0 Å². The molecule has 4 rings (SSSR count). The van der Waals surface area contributed by atoms with Crippen LogP contribution in [0.25, 0.3) is 5.69 Å². The largest absolute Gasteiger partial charge is 0.354 e. The third-order valence-electron chi connectivity index (χ3n) is 4.67. The molecule has 2 aliphatic rings. The van der Waals surface area contributed by atoms with Gasteiger partial charge in [-0.15, -0.1) is 5.10 Å². The standard InChI is InChI=1S/C16H16FN5O2/c17-10-3-5-11(6-4-10)22-9-13(19-20-22)16(24)21-7-1-2-12-14(21)8-18-15(12)23/h3-6,9,12,14H,1-2,7-8H2,(H,18,23)/t12-,14-/m1/s1. The molecule has 0 spiro atoms. The molecule has 7 nitrogen and oxygen atoms in total. The molecule has 2 fully saturated rings. The van der Waals surface area contributed by atoms with E-state index in [1.54, 1.807) is 17.0 Å². The van der Waals surface area contributed by atoms with Gasteiger partial charge in [-0.1, -0.05) is 5.21 Å². The smallest absolute Gasteiger partial charge is 0.276 e. The summed E-state index contributed by atoms with van der Waals surface area (Å²) in [4.78, 5) is 26.3. The first-order valence-electron chi connectivity index (χ1n) is 7.90. The molecule has 0 aliphatic carbocycles. The molecule has 2 saturated heterocycles. The average Bonchev–Trinajstić information content (AvgIpc) is 3.23. The summed E-state index contributed by atoms with van der Waals surface area (Å²) in [6.07, 6.45) is 3.14. The number of likely N-dealkylation sites (tertiary alicyclic amines) is 1. The minimum Gasteiger partial charge on any atom is -0.354 e. The van der Waals surface area contributed by atoms with E-state index in [1.165, 1.54) is 23.0 Å². The molecule has 2 aliphatic heterocycles. The fraction of sp³-hybridized carbons (Fsp3) is 0.375. The highest BCUT2D eigenvalue weighted by Gasteiger charge is 2.43. The minimum atomic E-state index is -0.340. The Morgan fingerprint density at radius 3 is 2.88 bits per heavy atom. The summed E-state index contributed by atoms with van der Waals surface area (Å²) in [5.74, 6) is -0.676. The first-order valence-corrected chi connectivity index (χ1v) is 7.90. The lowest BCUT2D eigenvalue weighted by molar-refractivity contribution is -0.123. The summed E-state index contributed by atoms with van der Waals surface area (Å²) in [5, 5.41) is 10.7. The Morgan fingerprint density at radius 1 is 1.29 bits per heavy atom. The zero-order valence-corrected chi connectivity index (χ0v) is 12.9. The van der Waals surface area contributed by atoms with Crippen molar-refractivity contribution in [1.82, 2.24) is 25.2 Å². The number of benzene rings is 1. The molecule has 0 unspecified atom stereocenters. The van der Waals surface area contributed by atoms with Crippen molar-refractivity contribution in [3.63, 3.8) is 0 Å². The van der Waals surface area contributed by atoms with Gasteiger partial charge in [0, 0.05) is 13.1 Å². The monoisotopic (exact) mass is 329 g/mol. The first-order chi connectivity index (χ1) is 11.6. The van der Waals surface area contributed by atoms with Crippen LogP contribution < -0.4 is 5.32 Å². The molecular weight excluding hydrogens is 313 g/mol. The summed E-state index contributed by atoms with van der Waals surface area (Å²) in [6, 6.07) is 5.66. The lowest BCUT2D eigenvalue weighted by atomic mass is 9.91. The molecule has 24 heavy (non-hydrogen) atoms. The van der Waals surface area contributed by atoms with Gasteiger partial charge in [0.2, 0.25) is 5.91 Å². The third-order valence-corrected chi connectivity index (χ3v) is 4.67. The van der Waals surface area contributed by atoms with Crippen molar-refractivity contribution < 1.29 is 14.0 Å². The van der Waals surface area contributed by atoms with Gasteiger partial charge in [-0.3, -0.25) is 9.59 Å². The number of halogens is 1. The van der Waals surface area contributed by atoms with E-state index in [-0.39, 0.29) is 35.3 Å². The number of fused-ring (bicyclic) bond motifs is 1. The molecule has 1 aromatic heterocycles. The maximum absolute atomic E-state index is 13.0. The fourth-order valence-corrected chi connectivity index (χ4v) is 3.43. The van der Waals surface area contributed by atoms with Crippen LogP contribution >= 0.6 is 0 Å². The lowest BCUT2D eigenvalue weighted by Gasteiger charge is -2.35. The van der Waals surface area contributed by atoms with Crippen LogP contribution in [-0.2, 0) is 4.79 Å². The number of piperidine rings is 1. The number of rotatable bonds is 2. The van der Waals surface area contributed by atoms with Crippen molar-refractivity contribution in [2.24, 2.45) is 5.92 Å². The van der Waals surface area contributed by atoms with Crippen LogP contribution in [0.1, 0.15) is 23.3 Å². The lowest BCUT2D eigenvalue weighted by Crippen LogP contribution is -2.48. The number of hydrogen-bond donors (Lipinski definition) is 1. The SMILES string of the molecule is O=C1NC[C@@H]2[C@H]1CCCN2C(=O)c1cn(-c2ccc(F)cc2)nn1. The molecule has 8 heteroatoms. The zero-order valence-electron chi connectivity index (χ0n) is 12.9. The molecule has 1 aromatic carbocycles. The van der Waals surface area contributed by atoms with Crippen LogP contribution in [0, 0.1) is 11.7 Å². The highest BCUT2D eigenvalue weighted by molar-refractivity contribution is 5.93. The second kappa shape index (κ2) is 5.70. The quantitative estimate of drug-likeness (QED) is 0.882. The predicted molar refractivity (Wildman–Crippen MR) is 81.9 cm³/mol. The Hall–Kier alpha value is -2.77. The van der Waals surface area contributed by atoms with Crippen LogP contribution in [0.3, 0.4) is 0 Å². The van der Waals surface area contributed by atoms with Gasteiger partial charge >= 0.3 is 0 Å². The van der Waals surface area contributed by atoms with Crippen LogP contribution in [-0.4, -0.2) is 50.8 Å². The highest BCUT2D eigenvalue weighted by atomic mass is 19.1. The number of carbonyl (C=O) groups is 2. The van der Waals surface area contributed by atoms with E-state index in [0.29, 0.717) is 18.8 Å². The summed E-state index contributed by atoms with van der Waals surface area (Å²) in [5.41, 5.74) is 0.844. The Kier molecular flexibility index (Phi) is 3.51. The first kappa shape index (κ1) is 14.8. The van der Waals surface area contributed by atoms with Crippen molar-refractivity contribution >= 4 is 11.8 Å². The molecular formula is C16H16FN5O2. The number of aromatic nitrogens is 3. The number of nitrogens with one attached hydrogen (secondary N) is 1. The normalized spacial score (nSPS) is 23.0. The molecule has 0 radical (unpaired) electrons. The van der Waals surface area contributed by atoms with Gasteiger partial charge in [0.05, 0.1) is 23.8 Å². The topological polar surface area (TPSA) is 80.1 Å². The second-order valence-corrected chi connectivity index (χ2v) is 6.08. The van der Waals surface area contributed by atoms with Gasteiger partial charge in [0.25, 0.3) is 5.91 Å². The second-order valence-electron chi connectivity index (χ2n) is 6.08. The maximum Gasteiger partial charge on any atom is 0.276 e. The van der Waals surface area contributed by atoms with Crippen molar-refractivity contribution in [2.75, 3.05) is 13.1 Å². The minimum absolute atomic E-state index is 0.0208. The van der Waals surface area contributed by atoms with Crippen molar-refractivity contribution in [1.29, 1.82) is 0 Å². The van der Waals surface area contributed by atoms with E-state index in [0.717, 1.165) is 12.8 Å².